The van der Waals surface area contributed by atoms with E-state index in [9.17, 15) is 18.0 Å². The summed E-state index contributed by atoms with van der Waals surface area (Å²) in [5.74, 6) is -0.730. The van der Waals surface area contributed by atoms with Gasteiger partial charge in [-0.05, 0) is 36.6 Å². The molecule has 0 aliphatic carbocycles. The lowest BCUT2D eigenvalue weighted by molar-refractivity contribution is -0.137. The van der Waals surface area contributed by atoms with Gasteiger partial charge in [-0.25, -0.2) is 4.98 Å². The molecule has 1 amide bonds. The number of rotatable bonds is 8. The van der Waals surface area contributed by atoms with Crippen molar-refractivity contribution in [2.75, 3.05) is 6.54 Å². The second-order valence-corrected chi connectivity index (χ2v) is 7.50. The first-order valence-corrected chi connectivity index (χ1v) is 10.2. The Morgan fingerprint density at radius 3 is 2.73 bits per heavy atom. The van der Waals surface area contributed by atoms with Crippen LogP contribution >= 0.6 is 0 Å². The van der Waals surface area contributed by atoms with Gasteiger partial charge in [0.05, 0.1) is 11.3 Å². The summed E-state index contributed by atoms with van der Waals surface area (Å²) in [5.41, 5.74) is 2.09. The molecule has 2 heterocycles. The van der Waals surface area contributed by atoms with E-state index in [0.717, 1.165) is 42.6 Å². The van der Waals surface area contributed by atoms with Crippen molar-refractivity contribution >= 4 is 11.6 Å². The van der Waals surface area contributed by atoms with Gasteiger partial charge in [-0.15, -0.1) is 0 Å². The molecular weight excluding hydrogens is 391 g/mol. The number of nitrogens with one attached hydrogen (secondary N) is 1. The molecule has 1 aromatic carbocycles. The zero-order chi connectivity index (χ0) is 21.7. The molecule has 0 spiro atoms. The molecule has 1 atom stereocenters. The quantitative estimate of drug-likeness (QED) is 0.493. The first kappa shape index (κ1) is 21.9. The van der Waals surface area contributed by atoms with Crippen molar-refractivity contribution < 1.29 is 18.0 Å². The molecule has 2 aromatic heterocycles. The fourth-order valence-electron chi connectivity index (χ4n) is 3.61. The average Bonchev–Trinajstić information content (AvgIpc) is 3.14. The number of unbranched alkanes of at least 4 members (excludes halogenated alkanes) is 2. The average molecular weight is 417 g/mol. The first-order valence-electron chi connectivity index (χ1n) is 10.2. The molecule has 160 valence electrons. The van der Waals surface area contributed by atoms with Crippen LogP contribution in [0.15, 0.2) is 48.8 Å². The van der Waals surface area contributed by atoms with Crippen molar-refractivity contribution in [2.24, 2.45) is 0 Å². The van der Waals surface area contributed by atoms with Gasteiger partial charge in [0.25, 0.3) is 0 Å². The van der Waals surface area contributed by atoms with Gasteiger partial charge in [0.2, 0.25) is 5.91 Å². The Hall–Kier alpha value is -2.83. The van der Waals surface area contributed by atoms with Crippen LogP contribution in [0.2, 0.25) is 0 Å². The predicted molar refractivity (Wildman–Crippen MR) is 110 cm³/mol. The van der Waals surface area contributed by atoms with Crippen molar-refractivity contribution in [3.8, 4) is 0 Å². The van der Waals surface area contributed by atoms with E-state index in [1.54, 1.807) is 12.3 Å². The normalized spacial score (nSPS) is 12.8. The number of hydrogen-bond acceptors (Lipinski definition) is 2. The Balaban J connectivity index is 1.97. The smallest absolute Gasteiger partial charge is 0.356 e. The molecule has 0 aliphatic rings. The summed E-state index contributed by atoms with van der Waals surface area (Å²) in [6.07, 6.45) is 2.02. The largest absolute Gasteiger partial charge is 0.416 e. The van der Waals surface area contributed by atoms with E-state index in [0.29, 0.717) is 17.8 Å². The number of carbonyl (C=O) groups excluding carboxylic acids is 1. The number of hydrogen-bond donors (Lipinski definition) is 1. The van der Waals surface area contributed by atoms with E-state index in [1.165, 1.54) is 6.07 Å². The van der Waals surface area contributed by atoms with Crippen LogP contribution in [-0.4, -0.2) is 21.8 Å². The van der Waals surface area contributed by atoms with Crippen molar-refractivity contribution in [3.63, 3.8) is 0 Å². The maximum atomic E-state index is 13.3. The van der Waals surface area contributed by atoms with Gasteiger partial charge < -0.3 is 9.72 Å². The van der Waals surface area contributed by atoms with Gasteiger partial charge in [-0.1, -0.05) is 44.0 Å². The highest BCUT2D eigenvalue weighted by atomic mass is 19.4. The summed E-state index contributed by atoms with van der Waals surface area (Å²) in [7, 11) is 0. The number of imidazole rings is 1. The Morgan fingerprint density at radius 1 is 1.20 bits per heavy atom. The summed E-state index contributed by atoms with van der Waals surface area (Å²) < 4.78 is 41.7. The van der Waals surface area contributed by atoms with Crippen molar-refractivity contribution in [3.05, 3.63) is 71.2 Å². The molecular formula is C23H26F3N3O. The highest BCUT2D eigenvalue weighted by Gasteiger charge is 2.32. The number of amides is 1. The molecule has 30 heavy (non-hydrogen) atoms. The lowest BCUT2D eigenvalue weighted by Crippen LogP contribution is -2.26. The number of benzene rings is 1. The Morgan fingerprint density at radius 2 is 2.00 bits per heavy atom. The molecule has 0 saturated carbocycles. The summed E-state index contributed by atoms with van der Waals surface area (Å²) in [6.45, 7) is 4.57. The van der Waals surface area contributed by atoms with Crippen molar-refractivity contribution in [1.29, 1.82) is 0 Å². The summed E-state index contributed by atoms with van der Waals surface area (Å²) in [6, 6.07) is 8.99. The monoisotopic (exact) mass is 417 g/mol. The molecule has 3 aromatic rings. The van der Waals surface area contributed by atoms with Gasteiger partial charge >= 0.3 is 6.18 Å². The molecule has 0 radical (unpaired) electrons. The Kier molecular flexibility index (Phi) is 6.80. The molecule has 7 heteroatoms. The molecule has 0 fully saturated rings. The lowest BCUT2D eigenvalue weighted by Gasteiger charge is -2.19. The van der Waals surface area contributed by atoms with Crippen LogP contribution < -0.4 is 5.32 Å². The van der Waals surface area contributed by atoms with Crippen LogP contribution in [-0.2, 0) is 11.0 Å². The van der Waals surface area contributed by atoms with Gasteiger partial charge in [0.1, 0.15) is 5.65 Å². The number of alkyl halides is 3. The first-order chi connectivity index (χ1) is 14.3. The third-order valence-electron chi connectivity index (χ3n) is 5.22. The summed E-state index contributed by atoms with van der Waals surface area (Å²) in [5, 5.41) is 2.89. The minimum Gasteiger partial charge on any atom is -0.356 e. The highest BCUT2D eigenvalue weighted by molar-refractivity contribution is 5.77. The predicted octanol–water partition coefficient (Wildman–Crippen LogP) is 5.49. The van der Waals surface area contributed by atoms with E-state index in [-0.39, 0.29) is 12.3 Å². The third-order valence-corrected chi connectivity index (χ3v) is 5.22. The zero-order valence-corrected chi connectivity index (χ0v) is 17.2. The summed E-state index contributed by atoms with van der Waals surface area (Å²) >= 11 is 0. The number of nitrogens with zero attached hydrogens (tertiary/aromatic N) is 2. The molecule has 1 N–H and O–H groups in total. The Bertz CT molecular complexity index is 1010. The maximum Gasteiger partial charge on any atom is 0.416 e. The van der Waals surface area contributed by atoms with E-state index >= 15 is 0 Å². The van der Waals surface area contributed by atoms with Crippen LogP contribution in [0.1, 0.15) is 60.9 Å². The van der Waals surface area contributed by atoms with Crippen LogP contribution in [0.4, 0.5) is 13.2 Å². The minimum atomic E-state index is -4.45. The number of halogens is 3. The van der Waals surface area contributed by atoms with E-state index in [2.05, 4.69) is 17.2 Å². The number of aryl methyl sites for hydroxylation is 1. The number of carbonyl (C=O) groups is 1. The SMILES string of the molecule is CCCCCNC(=O)C[C@H](c1cccc(C(F)(F)F)c1)c1cnc2c(C)cccn12. The second-order valence-electron chi connectivity index (χ2n) is 7.50. The van der Waals surface area contributed by atoms with Crippen LogP contribution in [0, 0.1) is 6.92 Å². The Labute approximate surface area is 174 Å². The number of pyridine rings is 1. The molecule has 0 aliphatic heterocycles. The standard InChI is InChI=1S/C23H26F3N3O/c1-3-4-5-11-27-21(30)14-19(17-9-6-10-18(13-17)23(24,25)26)20-15-28-22-16(2)8-7-12-29(20)22/h6-10,12-13,15,19H,3-5,11,14H2,1-2H3,(H,27,30)/t19-/m1/s1. The topological polar surface area (TPSA) is 46.4 Å². The highest BCUT2D eigenvalue weighted by Crippen LogP contribution is 2.34. The molecule has 3 rings (SSSR count). The maximum absolute atomic E-state index is 13.3. The van der Waals surface area contributed by atoms with Gasteiger partial charge in [-0.2, -0.15) is 13.2 Å². The van der Waals surface area contributed by atoms with Crippen LogP contribution in [0.5, 0.6) is 0 Å². The van der Waals surface area contributed by atoms with E-state index in [1.807, 2.05) is 29.7 Å². The van der Waals surface area contributed by atoms with E-state index in [4.69, 9.17) is 0 Å². The van der Waals surface area contributed by atoms with Crippen LogP contribution in [0.25, 0.3) is 5.65 Å². The molecule has 0 saturated heterocycles. The van der Waals surface area contributed by atoms with Gasteiger partial charge in [0, 0.05) is 31.3 Å². The molecule has 0 unspecified atom stereocenters. The van der Waals surface area contributed by atoms with Crippen molar-refractivity contribution in [1.82, 2.24) is 14.7 Å². The number of aromatic nitrogens is 2. The molecule has 4 nitrogen and oxygen atoms in total. The summed E-state index contributed by atoms with van der Waals surface area (Å²) in [4.78, 5) is 17.0. The van der Waals surface area contributed by atoms with Gasteiger partial charge in [-0.3, -0.25) is 4.79 Å². The fourth-order valence-corrected chi connectivity index (χ4v) is 3.61. The number of fused-ring (bicyclic) bond motifs is 1. The third kappa shape index (κ3) is 5.01. The molecule has 0 bridgehead atoms. The second kappa shape index (κ2) is 9.32. The van der Waals surface area contributed by atoms with E-state index < -0.39 is 17.7 Å². The fraction of sp³-hybridized carbons (Fsp3) is 0.391. The minimum absolute atomic E-state index is 0.0508. The van der Waals surface area contributed by atoms with Crippen LogP contribution in [0.3, 0.4) is 0 Å². The lowest BCUT2D eigenvalue weighted by atomic mass is 9.91. The zero-order valence-electron chi connectivity index (χ0n) is 17.2. The van der Waals surface area contributed by atoms with Gasteiger partial charge in [0.15, 0.2) is 0 Å². The van der Waals surface area contributed by atoms with Crippen molar-refractivity contribution in [2.45, 2.75) is 51.6 Å².